The average molecular weight is 460 g/mol. The summed E-state index contributed by atoms with van der Waals surface area (Å²) in [6.07, 6.45) is 2.82. The van der Waals surface area contributed by atoms with E-state index in [1.165, 1.54) is 0 Å². The van der Waals surface area contributed by atoms with Gasteiger partial charge in [0, 0.05) is 32.5 Å². The Labute approximate surface area is 192 Å². The first-order valence-electron chi connectivity index (χ1n) is 11.9. The second kappa shape index (κ2) is 19.0. The van der Waals surface area contributed by atoms with Crippen LogP contribution in [0.15, 0.2) is 0 Å². The van der Waals surface area contributed by atoms with Crippen molar-refractivity contribution in [3.05, 3.63) is 0 Å². The maximum atomic E-state index is 12.4. The summed E-state index contributed by atoms with van der Waals surface area (Å²) >= 11 is 0. The summed E-state index contributed by atoms with van der Waals surface area (Å²) in [6, 6.07) is 0. The first-order valence-corrected chi connectivity index (χ1v) is 11.9. The molecule has 0 aliphatic carbocycles. The lowest BCUT2D eigenvalue weighted by Crippen LogP contribution is -2.35. The number of aliphatic hydroxyl groups is 3. The molecule has 0 aliphatic heterocycles. The van der Waals surface area contributed by atoms with Crippen LogP contribution in [-0.2, 0) is 14.4 Å². The lowest BCUT2D eigenvalue weighted by atomic mass is 10.1. The number of aliphatic hydroxyl groups excluding tert-OH is 3. The van der Waals surface area contributed by atoms with Gasteiger partial charge in [-0.05, 0) is 66.0 Å². The first-order chi connectivity index (χ1) is 15.1. The molecule has 0 saturated carbocycles. The number of unbranched alkanes of at least 4 members (excludes halogenated alkanes) is 2. The Balaban J connectivity index is 4.01. The third kappa shape index (κ3) is 19.2. The number of amides is 2. The third-order valence-electron chi connectivity index (χ3n) is 4.84. The van der Waals surface area contributed by atoms with Crippen molar-refractivity contribution < 1.29 is 29.7 Å². The summed E-state index contributed by atoms with van der Waals surface area (Å²) in [5, 5.41) is 34.0. The van der Waals surface area contributed by atoms with Crippen LogP contribution < -0.4 is 10.6 Å². The van der Waals surface area contributed by atoms with Gasteiger partial charge in [-0.1, -0.05) is 0 Å². The van der Waals surface area contributed by atoms with Gasteiger partial charge in [0.1, 0.15) is 5.78 Å². The minimum Gasteiger partial charge on any atom is -0.393 e. The first kappa shape index (κ1) is 30.4. The van der Waals surface area contributed by atoms with Crippen LogP contribution in [0.1, 0.15) is 78.6 Å². The molecule has 0 aromatic rings. The number of hydrogen-bond donors (Lipinski definition) is 5. The van der Waals surface area contributed by atoms with Gasteiger partial charge < -0.3 is 30.9 Å². The quantitative estimate of drug-likeness (QED) is 0.169. The zero-order valence-electron chi connectivity index (χ0n) is 20.1. The molecule has 5 N–H and O–H groups in total. The second-order valence-corrected chi connectivity index (χ2v) is 8.70. The number of Topliss-reactive ketones (excluding diaryl/α,β-unsaturated/α-hetero) is 1. The molecule has 0 heterocycles. The molecular weight excluding hydrogens is 414 g/mol. The SMILES string of the molecule is C[C@@H](O)CC(=O)CCCCN(CCCCNCCCNC(=O)C[C@@H](C)O)C(=O)C[C@@H](C)O. The van der Waals surface area contributed by atoms with Crippen molar-refractivity contribution >= 4 is 17.6 Å². The fraction of sp³-hybridized carbons (Fsp3) is 0.870. The van der Waals surface area contributed by atoms with Gasteiger partial charge in [0.15, 0.2) is 0 Å². The van der Waals surface area contributed by atoms with Crippen LogP contribution in [0.25, 0.3) is 0 Å². The number of hydrogen-bond acceptors (Lipinski definition) is 7. The van der Waals surface area contributed by atoms with Gasteiger partial charge in [-0.3, -0.25) is 14.4 Å². The monoisotopic (exact) mass is 459 g/mol. The van der Waals surface area contributed by atoms with Gasteiger partial charge in [0.25, 0.3) is 0 Å². The lowest BCUT2D eigenvalue weighted by molar-refractivity contribution is -0.133. The van der Waals surface area contributed by atoms with Crippen LogP contribution in [-0.4, -0.2) is 88.9 Å². The second-order valence-electron chi connectivity index (χ2n) is 8.70. The van der Waals surface area contributed by atoms with Crippen LogP contribution in [0.4, 0.5) is 0 Å². The van der Waals surface area contributed by atoms with E-state index in [-0.39, 0.29) is 36.9 Å². The Bertz CT molecular complexity index is 526. The normalized spacial score (nSPS) is 13.9. The Morgan fingerprint density at radius 2 is 1.28 bits per heavy atom. The highest BCUT2D eigenvalue weighted by Gasteiger charge is 2.15. The summed E-state index contributed by atoms with van der Waals surface area (Å²) in [6.45, 7) is 8.12. The number of carbonyl (C=O) groups is 3. The molecule has 9 heteroatoms. The molecule has 0 radical (unpaired) electrons. The highest BCUT2D eigenvalue weighted by atomic mass is 16.3. The van der Waals surface area contributed by atoms with Gasteiger partial charge in [-0.15, -0.1) is 0 Å². The van der Waals surface area contributed by atoms with Gasteiger partial charge in [-0.25, -0.2) is 0 Å². The molecule has 0 aromatic carbocycles. The van der Waals surface area contributed by atoms with Gasteiger partial charge >= 0.3 is 0 Å². The molecule has 0 rings (SSSR count). The Kier molecular flexibility index (Phi) is 18.0. The van der Waals surface area contributed by atoms with Gasteiger partial charge in [0.05, 0.1) is 31.2 Å². The number of carbonyl (C=O) groups excluding carboxylic acids is 3. The average Bonchev–Trinajstić information content (AvgIpc) is 2.66. The molecule has 0 spiro atoms. The molecular formula is C23H45N3O6. The number of nitrogens with zero attached hydrogens (tertiary/aromatic N) is 1. The molecule has 0 aromatic heterocycles. The van der Waals surface area contributed by atoms with E-state index in [0.29, 0.717) is 32.5 Å². The van der Waals surface area contributed by atoms with Gasteiger partial charge in [-0.2, -0.15) is 0 Å². The number of ketones is 1. The minimum atomic E-state index is -0.680. The van der Waals surface area contributed by atoms with E-state index in [1.54, 1.807) is 25.7 Å². The maximum absolute atomic E-state index is 12.4. The maximum Gasteiger partial charge on any atom is 0.225 e. The van der Waals surface area contributed by atoms with Crippen molar-refractivity contribution in [2.24, 2.45) is 0 Å². The topological polar surface area (TPSA) is 139 Å². The van der Waals surface area contributed by atoms with Gasteiger partial charge in [0.2, 0.25) is 11.8 Å². The van der Waals surface area contributed by atoms with E-state index in [4.69, 9.17) is 5.11 Å². The number of nitrogens with one attached hydrogen (secondary N) is 2. The molecule has 0 aliphatic rings. The van der Waals surface area contributed by atoms with Crippen molar-refractivity contribution in [2.45, 2.75) is 96.9 Å². The van der Waals surface area contributed by atoms with Crippen LogP contribution in [0.5, 0.6) is 0 Å². The standard InChI is InChI=1S/C23H45N3O6/c1-18(27)15-21(30)9-4-6-13-26(23(32)17-20(3)29)14-7-5-10-24-11-8-12-25-22(31)16-19(2)28/h18-20,24,27-29H,4-17H2,1-3H3,(H,25,31)/t18-,19-,20-/m1/s1. The zero-order valence-corrected chi connectivity index (χ0v) is 20.1. The summed E-state index contributed by atoms with van der Waals surface area (Å²) in [7, 11) is 0. The molecule has 3 atom stereocenters. The van der Waals surface area contributed by atoms with Crippen molar-refractivity contribution in [1.29, 1.82) is 0 Å². The van der Waals surface area contributed by atoms with Crippen LogP contribution in [0, 0.1) is 0 Å². The summed E-state index contributed by atoms with van der Waals surface area (Å²) in [4.78, 5) is 37.3. The zero-order chi connectivity index (χ0) is 24.4. The van der Waals surface area contributed by atoms with E-state index < -0.39 is 18.3 Å². The fourth-order valence-electron chi connectivity index (χ4n) is 3.26. The summed E-state index contributed by atoms with van der Waals surface area (Å²) < 4.78 is 0. The molecule has 2 amide bonds. The molecule has 9 nitrogen and oxygen atoms in total. The minimum absolute atomic E-state index is 0.0375. The van der Waals surface area contributed by atoms with E-state index in [1.807, 2.05) is 0 Å². The van der Waals surface area contributed by atoms with Crippen molar-refractivity contribution in [3.63, 3.8) is 0 Å². The largest absolute Gasteiger partial charge is 0.393 e. The van der Waals surface area contributed by atoms with E-state index in [2.05, 4.69) is 10.6 Å². The summed E-state index contributed by atoms with van der Waals surface area (Å²) in [5.41, 5.74) is 0. The van der Waals surface area contributed by atoms with E-state index >= 15 is 0 Å². The van der Waals surface area contributed by atoms with Crippen molar-refractivity contribution in [3.8, 4) is 0 Å². The molecule has 0 unspecified atom stereocenters. The lowest BCUT2D eigenvalue weighted by Gasteiger charge is -2.23. The molecule has 32 heavy (non-hydrogen) atoms. The number of rotatable bonds is 20. The summed E-state index contributed by atoms with van der Waals surface area (Å²) in [5.74, 6) is -0.180. The van der Waals surface area contributed by atoms with Crippen LogP contribution >= 0.6 is 0 Å². The van der Waals surface area contributed by atoms with Crippen molar-refractivity contribution in [2.75, 3.05) is 32.7 Å². The van der Waals surface area contributed by atoms with Crippen molar-refractivity contribution in [1.82, 2.24) is 15.5 Å². The Hall–Kier alpha value is -1.55. The molecule has 0 bridgehead atoms. The smallest absolute Gasteiger partial charge is 0.225 e. The Morgan fingerprint density at radius 1 is 0.719 bits per heavy atom. The van der Waals surface area contributed by atoms with Crippen LogP contribution in [0.3, 0.4) is 0 Å². The fourth-order valence-corrected chi connectivity index (χ4v) is 3.26. The molecule has 0 fully saturated rings. The Morgan fingerprint density at radius 3 is 1.88 bits per heavy atom. The van der Waals surface area contributed by atoms with Crippen LogP contribution in [0.2, 0.25) is 0 Å². The molecule has 188 valence electrons. The third-order valence-corrected chi connectivity index (χ3v) is 4.84. The van der Waals surface area contributed by atoms with E-state index in [0.717, 1.165) is 38.8 Å². The van der Waals surface area contributed by atoms with E-state index in [9.17, 15) is 24.6 Å². The molecule has 0 saturated heterocycles. The predicted octanol–water partition coefficient (Wildman–Crippen LogP) is 0.743. The highest BCUT2D eigenvalue weighted by molar-refractivity contribution is 5.79. The predicted molar refractivity (Wildman–Crippen MR) is 124 cm³/mol. The highest BCUT2D eigenvalue weighted by Crippen LogP contribution is 2.07.